The van der Waals surface area contributed by atoms with Crippen molar-refractivity contribution in [1.82, 2.24) is 14.8 Å². The fourth-order valence-corrected chi connectivity index (χ4v) is 5.13. The number of rotatable bonds is 7. The normalized spacial score (nSPS) is 15.8. The number of nitriles is 1. The van der Waals surface area contributed by atoms with Gasteiger partial charge in [0.1, 0.15) is 5.60 Å². The number of aliphatic imine (C=N–C) groups is 1. The van der Waals surface area contributed by atoms with Gasteiger partial charge in [-0.25, -0.2) is 0 Å². The van der Waals surface area contributed by atoms with Gasteiger partial charge in [-0.1, -0.05) is 36.4 Å². The van der Waals surface area contributed by atoms with Crippen molar-refractivity contribution in [2.75, 3.05) is 31.5 Å². The van der Waals surface area contributed by atoms with Crippen molar-refractivity contribution < 1.29 is 9.90 Å². The van der Waals surface area contributed by atoms with E-state index in [9.17, 15) is 15.2 Å². The first-order chi connectivity index (χ1) is 18.5. The van der Waals surface area contributed by atoms with Crippen molar-refractivity contribution in [3.8, 4) is 6.19 Å². The molecule has 0 bridgehead atoms. The van der Waals surface area contributed by atoms with Crippen LogP contribution in [-0.2, 0) is 5.60 Å². The van der Waals surface area contributed by atoms with Gasteiger partial charge in [-0.15, -0.1) is 4.99 Å². The van der Waals surface area contributed by atoms with Crippen molar-refractivity contribution in [2.45, 2.75) is 32.3 Å². The number of nitrogens with zero attached hydrogens (tertiary/aromatic N) is 5. The minimum atomic E-state index is -1.22. The van der Waals surface area contributed by atoms with Gasteiger partial charge >= 0.3 is 0 Å². The monoisotopic (exact) mass is 510 g/mol. The van der Waals surface area contributed by atoms with Gasteiger partial charge in [0.15, 0.2) is 0 Å². The smallest absolute Gasteiger partial charge is 0.253 e. The Morgan fingerprint density at radius 2 is 1.74 bits per heavy atom. The van der Waals surface area contributed by atoms with Crippen molar-refractivity contribution in [3.63, 3.8) is 0 Å². The van der Waals surface area contributed by atoms with Gasteiger partial charge in [-0.2, -0.15) is 5.26 Å². The summed E-state index contributed by atoms with van der Waals surface area (Å²) in [6.07, 6.45) is 4.98. The number of carbonyl (C=O) groups is 1. The average molecular weight is 511 g/mol. The first-order valence-electron chi connectivity index (χ1n) is 13.1. The van der Waals surface area contributed by atoms with E-state index in [1.54, 1.807) is 23.2 Å². The molecular weight excluding hydrogens is 476 g/mol. The highest BCUT2D eigenvalue weighted by Gasteiger charge is 2.43. The van der Waals surface area contributed by atoms with E-state index in [4.69, 9.17) is 0 Å². The fraction of sp³-hybridized carbons (Fsp3) is 0.333. The summed E-state index contributed by atoms with van der Waals surface area (Å²) < 4.78 is 0. The quantitative estimate of drug-likeness (QED) is 0.276. The lowest BCUT2D eigenvalue weighted by molar-refractivity contribution is -0.0101. The van der Waals surface area contributed by atoms with E-state index in [-0.39, 0.29) is 11.8 Å². The second kappa shape index (κ2) is 12.3. The zero-order valence-electron chi connectivity index (χ0n) is 21.9. The number of hydrogen-bond acceptors (Lipinski definition) is 5. The predicted molar refractivity (Wildman–Crippen MR) is 148 cm³/mol. The van der Waals surface area contributed by atoms with Gasteiger partial charge in [0.05, 0.1) is 5.69 Å². The van der Waals surface area contributed by atoms with E-state index in [1.165, 1.54) is 0 Å². The van der Waals surface area contributed by atoms with Crippen molar-refractivity contribution in [2.24, 2.45) is 10.9 Å². The van der Waals surface area contributed by atoms with E-state index < -0.39 is 5.60 Å². The number of hydrogen-bond donors (Lipinski definition) is 2. The maximum atomic E-state index is 12.6. The van der Waals surface area contributed by atoms with Gasteiger partial charge in [0.2, 0.25) is 12.2 Å². The van der Waals surface area contributed by atoms with Crippen LogP contribution in [0.4, 0.5) is 5.69 Å². The molecule has 0 radical (unpaired) electrons. The Bertz CT molecular complexity index is 1220. The van der Waals surface area contributed by atoms with Crippen LogP contribution < -0.4 is 5.32 Å². The summed E-state index contributed by atoms with van der Waals surface area (Å²) in [5.74, 6) is 0.382. The van der Waals surface area contributed by atoms with Crippen LogP contribution in [0.1, 0.15) is 48.3 Å². The molecule has 1 aliphatic rings. The molecule has 4 rings (SSSR count). The van der Waals surface area contributed by atoms with Gasteiger partial charge in [-0.3, -0.25) is 9.78 Å². The number of aromatic nitrogens is 1. The zero-order valence-corrected chi connectivity index (χ0v) is 21.9. The Morgan fingerprint density at radius 1 is 1.08 bits per heavy atom. The van der Waals surface area contributed by atoms with Crippen LogP contribution in [0, 0.1) is 17.4 Å². The Kier molecular flexibility index (Phi) is 8.72. The molecule has 2 aromatic carbocycles. The number of guanidine groups is 1. The Morgan fingerprint density at radius 3 is 2.32 bits per heavy atom. The zero-order chi connectivity index (χ0) is 27.0. The number of pyridine rings is 1. The van der Waals surface area contributed by atoms with Crippen LogP contribution in [-0.4, -0.2) is 57.9 Å². The van der Waals surface area contributed by atoms with Crippen LogP contribution >= 0.6 is 0 Å². The van der Waals surface area contributed by atoms with Gasteiger partial charge in [-0.05, 0) is 68.7 Å². The molecule has 38 heavy (non-hydrogen) atoms. The minimum Gasteiger partial charge on any atom is -0.378 e. The number of likely N-dealkylation sites (tertiary alicyclic amines) is 1. The maximum Gasteiger partial charge on any atom is 0.253 e. The number of benzene rings is 2. The number of nitrogens with one attached hydrogen (secondary N) is 1. The molecule has 1 saturated heterocycles. The van der Waals surface area contributed by atoms with Crippen LogP contribution in [0.3, 0.4) is 0 Å². The van der Waals surface area contributed by atoms with Gasteiger partial charge in [0, 0.05) is 49.5 Å². The molecule has 8 heteroatoms. The molecule has 1 fully saturated rings. The van der Waals surface area contributed by atoms with E-state index in [2.05, 4.69) is 15.3 Å². The Labute approximate surface area is 224 Å². The number of piperidine rings is 1. The highest BCUT2D eigenvalue weighted by atomic mass is 16.3. The molecule has 1 unspecified atom stereocenters. The standard InChI is InChI=1S/C30H34N6O2/c1-3-35(4-2)28(37)23-13-15-26(16-14-23)34-29(33-22-31)36-20-17-25(18-21-36)30(38,24-10-6-5-7-11-24)27-12-8-9-19-32-27/h5-16,19,25,38H,3-4,17-18,20-21H2,1-2H3,(H,33,34). The third-order valence-corrected chi connectivity index (χ3v) is 7.25. The van der Waals surface area contributed by atoms with E-state index in [0.29, 0.717) is 56.2 Å². The summed E-state index contributed by atoms with van der Waals surface area (Å²) in [4.78, 5) is 25.0. The van der Waals surface area contributed by atoms with Crippen molar-refractivity contribution in [3.05, 3.63) is 95.8 Å². The number of amides is 1. The lowest BCUT2D eigenvalue weighted by Gasteiger charge is -2.42. The van der Waals surface area contributed by atoms with E-state index >= 15 is 0 Å². The largest absolute Gasteiger partial charge is 0.378 e. The van der Waals surface area contributed by atoms with Crippen LogP contribution in [0.25, 0.3) is 0 Å². The molecule has 0 spiro atoms. The second-order valence-electron chi connectivity index (χ2n) is 9.32. The SMILES string of the molecule is CCN(CC)C(=O)c1ccc(N/C(=N/C#N)N2CCC(C(O)(c3ccccc3)c3ccccn3)CC2)cc1. The molecule has 0 saturated carbocycles. The molecule has 1 amide bonds. The van der Waals surface area contributed by atoms with Gasteiger partial charge < -0.3 is 20.2 Å². The Hall–Kier alpha value is -4.22. The third-order valence-electron chi connectivity index (χ3n) is 7.25. The number of anilines is 1. The third kappa shape index (κ3) is 5.68. The summed E-state index contributed by atoms with van der Waals surface area (Å²) >= 11 is 0. The highest BCUT2D eigenvalue weighted by molar-refractivity contribution is 5.97. The molecule has 3 aromatic rings. The molecule has 8 nitrogen and oxygen atoms in total. The average Bonchev–Trinajstić information content (AvgIpc) is 2.98. The first kappa shape index (κ1) is 26.8. The first-order valence-corrected chi connectivity index (χ1v) is 13.1. The molecular formula is C30H34N6O2. The summed E-state index contributed by atoms with van der Waals surface area (Å²) in [5.41, 5.74) is 1.59. The minimum absolute atomic E-state index is 0.00616. The molecule has 0 aliphatic carbocycles. The Balaban J connectivity index is 1.48. The fourth-order valence-electron chi connectivity index (χ4n) is 5.13. The van der Waals surface area contributed by atoms with Crippen LogP contribution in [0.5, 0.6) is 0 Å². The molecule has 1 atom stereocenters. The molecule has 196 valence electrons. The van der Waals surface area contributed by atoms with Crippen molar-refractivity contribution in [1.29, 1.82) is 5.26 Å². The van der Waals surface area contributed by atoms with E-state index in [0.717, 1.165) is 11.3 Å². The summed E-state index contributed by atoms with van der Waals surface area (Å²) in [5, 5.41) is 24.7. The number of aliphatic hydroxyl groups is 1. The molecule has 1 aliphatic heterocycles. The second-order valence-corrected chi connectivity index (χ2v) is 9.32. The van der Waals surface area contributed by atoms with Crippen LogP contribution in [0.15, 0.2) is 84.0 Å². The summed E-state index contributed by atoms with van der Waals surface area (Å²) in [6.45, 7) is 6.45. The lowest BCUT2D eigenvalue weighted by atomic mass is 9.74. The predicted octanol–water partition coefficient (Wildman–Crippen LogP) is 4.46. The summed E-state index contributed by atoms with van der Waals surface area (Å²) in [6, 6.07) is 22.5. The topological polar surface area (TPSA) is 105 Å². The van der Waals surface area contributed by atoms with Crippen LogP contribution in [0.2, 0.25) is 0 Å². The maximum absolute atomic E-state index is 12.6. The van der Waals surface area contributed by atoms with Gasteiger partial charge in [0.25, 0.3) is 5.91 Å². The van der Waals surface area contributed by atoms with E-state index in [1.807, 2.05) is 85.6 Å². The highest BCUT2D eigenvalue weighted by Crippen LogP contribution is 2.41. The lowest BCUT2D eigenvalue weighted by Crippen LogP contribution is -2.47. The molecule has 2 N–H and O–H groups in total. The number of carbonyl (C=O) groups excluding carboxylic acids is 1. The summed E-state index contributed by atoms with van der Waals surface area (Å²) in [7, 11) is 0. The molecule has 1 aromatic heterocycles. The molecule has 2 heterocycles. The van der Waals surface area contributed by atoms with Crippen molar-refractivity contribution >= 4 is 17.6 Å².